The largest absolute Gasteiger partial charge is 0.475 e. The number of fused-ring (bicyclic) bond motifs is 1. The molecule has 1 atom stereocenters. The van der Waals surface area contributed by atoms with Crippen molar-refractivity contribution in [2.45, 2.75) is 12.6 Å². The number of aliphatic imine (C=N–C) groups is 1. The number of rotatable bonds is 7. The van der Waals surface area contributed by atoms with Gasteiger partial charge >= 0.3 is 0 Å². The molecule has 7 nitrogen and oxygen atoms in total. The van der Waals surface area contributed by atoms with Crippen molar-refractivity contribution < 1.29 is 19.1 Å². The number of hydrogen-bond acceptors (Lipinski definition) is 6. The smallest absolute Gasteiger partial charge is 0.258 e. The maximum Gasteiger partial charge on any atom is 0.258 e. The lowest BCUT2D eigenvalue weighted by Crippen LogP contribution is -2.40. The molecule has 4 rings (SSSR count). The summed E-state index contributed by atoms with van der Waals surface area (Å²) in [6.45, 7) is 0.458. The summed E-state index contributed by atoms with van der Waals surface area (Å²) in [4.78, 5) is 35.2. The number of pyridine rings is 1. The van der Waals surface area contributed by atoms with Gasteiger partial charge in [-0.25, -0.2) is 4.98 Å². The summed E-state index contributed by atoms with van der Waals surface area (Å²) in [5.74, 6) is -0.923. The van der Waals surface area contributed by atoms with Gasteiger partial charge in [-0.1, -0.05) is 70.7 Å². The third-order valence-corrected chi connectivity index (χ3v) is 6.32. The fourth-order valence-electron chi connectivity index (χ4n) is 3.67. The van der Waals surface area contributed by atoms with Crippen LogP contribution in [0, 0.1) is 0 Å². The Morgan fingerprint density at radius 3 is 2.50 bits per heavy atom. The Morgan fingerprint density at radius 2 is 1.78 bits per heavy atom. The van der Waals surface area contributed by atoms with Crippen LogP contribution in [0.3, 0.4) is 0 Å². The second kappa shape index (κ2) is 11.6. The van der Waals surface area contributed by atoms with Crippen molar-refractivity contribution in [2.24, 2.45) is 4.99 Å². The lowest BCUT2D eigenvalue weighted by molar-refractivity contribution is -0.120. The molecule has 0 bridgehead atoms. The van der Waals surface area contributed by atoms with Gasteiger partial charge in [-0.2, -0.15) is 0 Å². The summed E-state index contributed by atoms with van der Waals surface area (Å²) in [6.07, 6.45) is 0.143. The third-order valence-electron chi connectivity index (χ3n) is 5.30. The lowest BCUT2D eigenvalue weighted by Gasteiger charge is -2.16. The van der Waals surface area contributed by atoms with Crippen LogP contribution in [-0.2, 0) is 16.0 Å². The molecule has 2 heterocycles. The van der Waals surface area contributed by atoms with Gasteiger partial charge in [0.25, 0.3) is 5.91 Å². The normalized spacial score (nSPS) is 15.1. The van der Waals surface area contributed by atoms with Crippen molar-refractivity contribution in [1.82, 2.24) is 10.3 Å². The Hall–Kier alpha value is -2.68. The first-order chi connectivity index (χ1) is 17.3. The molecule has 1 unspecified atom stereocenters. The summed E-state index contributed by atoms with van der Waals surface area (Å²) in [7, 11) is 1.52. The maximum absolute atomic E-state index is 13.3. The van der Waals surface area contributed by atoms with Crippen LogP contribution in [-0.4, -0.2) is 48.9 Å². The third kappa shape index (κ3) is 5.82. The highest BCUT2D eigenvalue weighted by Crippen LogP contribution is 2.33. The number of ether oxygens (including phenoxy) is 2. The SMILES string of the molecule is COCCOc1ncc(Cl)cc1C(=O)NC1N=C(c2c(Cl)cc(Cl)cc2Cl)c2ccccc2CC1=O. The molecule has 36 heavy (non-hydrogen) atoms. The number of Topliss-reactive ketones (excluding diaryl/α,β-unsaturated/α-hetero) is 1. The molecule has 2 aromatic carbocycles. The van der Waals surface area contributed by atoms with Gasteiger partial charge in [0.15, 0.2) is 11.9 Å². The van der Waals surface area contributed by atoms with Crippen molar-refractivity contribution >= 4 is 63.8 Å². The summed E-state index contributed by atoms with van der Waals surface area (Å²) in [5, 5.41) is 3.76. The minimum atomic E-state index is -1.24. The number of benzene rings is 2. The minimum absolute atomic E-state index is 0.0297. The molecule has 1 aliphatic heterocycles. The predicted molar refractivity (Wildman–Crippen MR) is 140 cm³/mol. The van der Waals surface area contributed by atoms with Crippen LogP contribution in [0.4, 0.5) is 0 Å². The molecule has 1 amide bonds. The Kier molecular flexibility index (Phi) is 8.49. The molecule has 0 radical (unpaired) electrons. The topological polar surface area (TPSA) is 89.9 Å². The summed E-state index contributed by atoms with van der Waals surface area (Å²) in [5.41, 5.74) is 2.19. The van der Waals surface area contributed by atoms with Gasteiger partial charge in [0.2, 0.25) is 5.88 Å². The number of carbonyl (C=O) groups is 2. The van der Waals surface area contributed by atoms with Crippen molar-refractivity contribution in [1.29, 1.82) is 0 Å². The van der Waals surface area contributed by atoms with Gasteiger partial charge in [0.05, 0.1) is 27.4 Å². The summed E-state index contributed by atoms with van der Waals surface area (Å²) >= 11 is 25.2. The van der Waals surface area contributed by atoms with Gasteiger partial charge in [0.1, 0.15) is 12.2 Å². The fraction of sp³-hybridized carbons (Fsp3) is 0.200. The minimum Gasteiger partial charge on any atom is -0.475 e. The van der Waals surface area contributed by atoms with Gasteiger partial charge in [-0.15, -0.1) is 0 Å². The number of amides is 1. The molecule has 0 fully saturated rings. The van der Waals surface area contributed by atoms with Gasteiger partial charge < -0.3 is 14.8 Å². The monoisotopic (exact) mass is 565 g/mol. The Morgan fingerprint density at radius 1 is 1.06 bits per heavy atom. The average Bonchev–Trinajstić information content (AvgIpc) is 2.96. The lowest BCUT2D eigenvalue weighted by atomic mass is 9.96. The number of ketones is 1. The standard InChI is InChI=1S/C25H19Cl4N3O4/c1-35-6-7-36-25-17(9-15(27)12-30-25)24(34)32-23-20(33)8-13-4-2-3-5-16(13)22(31-23)21-18(28)10-14(26)11-19(21)29/h2-5,9-12,23H,6-8H2,1H3,(H,32,34). The highest BCUT2D eigenvalue weighted by Gasteiger charge is 2.30. The molecule has 0 aliphatic carbocycles. The molecule has 0 saturated heterocycles. The fourth-order valence-corrected chi connectivity index (χ4v) is 4.82. The molecule has 0 spiro atoms. The van der Waals surface area contributed by atoms with Crippen molar-refractivity contribution in [3.8, 4) is 5.88 Å². The first-order valence-electron chi connectivity index (χ1n) is 10.7. The molecule has 1 aromatic heterocycles. The molecule has 11 heteroatoms. The van der Waals surface area contributed by atoms with E-state index in [1.807, 2.05) is 24.3 Å². The van der Waals surface area contributed by atoms with E-state index in [-0.39, 0.29) is 45.3 Å². The van der Waals surface area contributed by atoms with Crippen LogP contribution in [0.15, 0.2) is 53.7 Å². The van der Waals surface area contributed by atoms with Crippen molar-refractivity contribution in [3.63, 3.8) is 0 Å². The van der Waals surface area contributed by atoms with Crippen LogP contribution in [0.2, 0.25) is 20.1 Å². The second-order valence-electron chi connectivity index (χ2n) is 7.75. The van der Waals surface area contributed by atoms with Crippen molar-refractivity contribution in [2.75, 3.05) is 20.3 Å². The summed E-state index contributed by atoms with van der Waals surface area (Å²) < 4.78 is 10.5. The number of nitrogens with zero attached hydrogens (tertiary/aromatic N) is 2. The zero-order valence-electron chi connectivity index (χ0n) is 18.9. The van der Waals surface area contributed by atoms with Crippen LogP contribution < -0.4 is 10.1 Å². The number of carbonyl (C=O) groups excluding carboxylic acids is 2. The zero-order valence-corrected chi connectivity index (χ0v) is 21.9. The van der Waals surface area contributed by atoms with Gasteiger partial charge in [-0.3, -0.25) is 14.6 Å². The number of aromatic nitrogens is 1. The molecule has 186 valence electrons. The van der Waals surface area contributed by atoms with Crippen LogP contribution >= 0.6 is 46.4 Å². The Labute approximate surface area is 227 Å². The average molecular weight is 567 g/mol. The first-order valence-corrected chi connectivity index (χ1v) is 12.2. The van der Waals surface area contributed by atoms with E-state index in [0.29, 0.717) is 34.0 Å². The van der Waals surface area contributed by atoms with E-state index >= 15 is 0 Å². The molecule has 1 N–H and O–H groups in total. The number of hydrogen-bond donors (Lipinski definition) is 1. The first kappa shape index (κ1) is 26.4. The summed E-state index contributed by atoms with van der Waals surface area (Å²) in [6, 6.07) is 11.7. The van der Waals surface area contributed by atoms with E-state index in [1.165, 1.54) is 31.5 Å². The quantitative estimate of drug-likeness (QED) is 0.385. The number of methoxy groups -OCH3 is 1. The van der Waals surface area contributed by atoms with E-state index in [4.69, 9.17) is 55.9 Å². The maximum atomic E-state index is 13.3. The number of halogens is 4. The Bertz CT molecular complexity index is 1340. The second-order valence-corrected chi connectivity index (χ2v) is 9.43. The van der Waals surface area contributed by atoms with Crippen LogP contribution in [0.5, 0.6) is 5.88 Å². The molecule has 3 aromatic rings. The Balaban J connectivity index is 1.75. The van der Waals surface area contributed by atoms with Crippen molar-refractivity contribution in [3.05, 3.63) is 91.0 Å². The van der Waals surface area contributed by atoms with E-state index < -0.39 is 12.1 Å². The van der Waals surface area contributed by atoms with Crippen LogP contribution in [0.25, 0.3) is 0 Å². The van der Waals surface area contributed by atoms with E-state index in [1.54, 1.807) is 0 Å². The molecule has 1 aliphatic rings. The molecular formula is C25H19Cl4N3O4. The van der Waals surface area contributed by atoms with Gasteiger partial charge in [0, 0.05) is 35.9 Å². The van der Waals surface area contributed by atoms with Gasteiger partial charge in [-0.05, 0) is 23.8 Å². The predicted octanol–water partition coefficient (Wildman–Crippen LogP) is 5.44. The van der Waals surface area contributed by atoms with E-state index in [0.717, 1.165) is 0 Å². The number of nitrogens with one attached hydrogen (secondary N) is 1. The van der Waals surface area contributed by atoms with Crippen LogP contribution in [0.1, 0.15) is 27.0 Å². The van der Waals surface area contributed by atoms with E-state index in [9.17, 15) is 9.59 Å². The highest BCUT2D eigenvalue weighted by molar-refractivity contribution is 6.43. The molecular weight excluding hydrogens is 548 g/mol. The highest BCUT2D eigenvalue weighted by atomic mass is 35.5. The molecule has 0 saturated carbocycles. The zero-order chi connectivity index (χ0) is 25.8. The van der Waals surface area contributed by atoms with E-state index in [2.05, 4.69) is 15.3 Å².